The van der Waals surface area contributed by atoms with E-state index in [0.29, 0.717) is 36.8 Å². The SMILES string of the molecule is CC(=O)N1CC(F)(F)CC1COc1ccc(N2C(=S)N(c3cnc(C#N)c(C(F)(F)F)c3)C(=O)C23CCC3)cc1. The molecule has 2 amide bonds. The number of benzene rings is 1. The topological polar surface area (TPSA) is 89.8 Å². The fourth-order valence-electron chi connectivity index (χ4n) is 5.39. The molecule has 0 radical (unpaired) electrons. The van der Waals surface area contributed by atoms with Gasteiger partial charge in [-0.15, -0.1) is 0 Å². The molecule has 0 N–H and O–H groups in total. The normalized spacial score (nSPS) is 21.5. The van der Waals surface area contributed by atoms with Crippen LogP contribution in [0, 0.1) is 11.3 Å². The summed E-state index contributed by atoms with van der Waals surface area (Å²) in [6.07, 6.45) is -2.80. The second-order valence-electron chi connectivity index (χ2n) is 10.0. The number of hydrogen-bond donors (Lipinski definition) is 0. The molecular formula is C26H22F5N5O3S. The summed E-state index contributed by atoms with van der Waals surface area (Å²) in [5, 5.41) is 9.02. The molecule has 40 heavy (non-hydrogen) atoms. The van der Waals surface area contributed by atoms with Gasteiger partial charge in [0.15, 0.2) is 10.8 Å². The van der Waals surface area contributed by atoms with E-state index >= 15 is 0 Å². The van der Waals surface area contributed by atoms with Crippen LogP contribution in [0.2, 0.25) is 0 Å². The van der Waals surface area contributed by atoms with Gasteiger partial charge in [0.1, 0.15) is 24.0 Å². The minimum absolute atomic E-state index is 0.0386. The zero-order valence-electron chi connectivity index (χ0n) is 21.0. The number of nitriles is 1. The minimum Gasteiger partial charge on any atom is -0.491 e. The van der Waals surface area contributed by atoms with Crippen molar-refractivity contribution in [2.45, 2.75) is 56.3 Å². The fourth-order valence-corrected chi connectivity index (χ4v) is 5.86. The molecular weight excluding hydrogens is 557 g/mol. The summed E-state index contributed by atoms with van der Waals surface area (Å²) in [7, 11) is 0. The third kappa shape index (κ3) is 4.61. The highest BCUT2D eigenvalue weighted by atomic mass is 32.1. The highest BCUT2D eigenvalue weighted by Crippen LogP contribution is 2.48. The number of alkyl halides is 5. The monoisotopic (exact) mass is 579 g/mol. The van der Waals surface area contributed by atoms with Gasteiger partial charge < -0.3 is 14.5 Å². The van der Waals surface area contributed by atoms with E-state index in [-0.39, 0.29) is 17.4 Å². The molecule has 1 aromatic carbocycles. The maximum atomic E-state index is 13.8. The number of ether oxygens (including phenoxy) is 1. The van der Waals surface area contributed by atoms with Gasteiger partial charge in [-0.2, -0.15) is 18.4 Å². The molecule has 3 heterocycles. The van der Waals surface area contributed by atoms with Crippen molar-refractivity contribution in [3.05, 3.63) is 47.8 Å². The molecule has 3 fully saturated rings. The van der Waals surface area contributed by atoms with E-state index in [1.165, 1.54) is 13.0 Å². The predicted molar refractivity (Wildman–Crippen MR) is 136 cm³/mol. The largest absolute Gasteiger partial charge is 0.491 e. The van der Waals surface area contributed by atoms with E-state index in [9.17, 15) is 31.5 Å². The number of amides is 2. The van der Waals surface area contributed by atoms with Gasteiger partial charge >= 0.3 is 6.18 Å². The summed E-state index contributed by atoms with van der Waals surface area (Å²) >= 11 is 5.58. The number of nitrogens with zero attached hydrogens (tertiary/aromatic N) is 5. The molecule has 2 saturated heterocycles. The first kappa shape index (κ1) is 27.7. The fraction of sp³-hybridized carbons (Fsp3) is 0.423. The van der Waals surface area contributed by atoms with Crippen LogP contribution in [0.3, 0.4) is 0 Å². The zero-order valence-corrected chi connectivity index (χ0v) is 21.9. The Labute approximate surface area is 230 Å². The van der Waals surface area contributed by atoms with Gasteiger partial charge in [-0.3, -0.25) is 14.5 Å². The zero-order chi connectivity index (χ0) is 29.0. The summed E-state index contributed by atoms with van der Waals surface area (Å²) in [6.45, 7) is 0.425. The van der Waals surface area contributed by atoms with Gasteiger partial charge in [0.25, 0.3) is 11.8 Å². The molecule has 2 aromatic rings. The summed E-state index contributed by atoms with van der Waals surface area (Å²) in [5.74, 6) is -3.61. The third-order valence-corrected chi connectivity index (χ3v) is 7.82. The van der Waals surface area contributed by atoms with E-state index in [1.54, 1.807) is 29.2 Å². The molecule has 8 nitrogen and oxygen atoms in total. The van der Waals surface area contributed by atoms with Gasteiger partial charge in [-0.1, -0.05) is 0 Å². The van der Waals surface area contributed by atoms with Crippen LogP contribution >= 0.6 is 12.2 Å². The first-order valence-corrected chi connectivity index (χ1v) is 12.7. The van der Waals surface area contributed by atoms with Gasteiger partial charge in [0.2, 0.25) is 5.91 Å². The van der Waals surface area contributed by atoms with E-state index in [0.717, 1.165) is 16.0 Å². The number of carbonyl (C=O) groups excluding carboxylic acids is 2. The van der Waals surface area contributed by atoms with Crippen molar-refractivity contribution < 1.29 is 36.3 Å². The average Bonchev–Trinajstić information content (AvgIpc) is 3.31. The Morgan fingerprint density at radius 2 is 1.90 bits per heavy atom. The van der Waals surface area contributed by atoms with Crippen LogP contribution in [-0.4, -0.2) is 57.5 Å². The van der Waals surface area contributed by atoms with Gasteiger partial charge in [0.05, 0.1) is 30.0 Å². The van der Waals surface area contributed by atoms with Crippen LogP contribution < -0.4 is 14.5 Å². The lowest BCUT2D eigenvalue weighted by molar-refractivity contribution is -0.138. The second kappa shape index (κ2) is 9.65. The van der Waals surface area contributed by atoms with E-state index in [1.807, 2.05) is 0 Å². The number of thiocarbonyl (C=S) groups is 1. The summed E-state index contributed by atoms with van der Waals surface area (Å²) < 4.78 is 74.0. The molecule has 1 aliphatic carbocycles. The van der Waals surface area contributed by atoms with Crippen molar-refractivity contribution in [3.63, 3.8) is 0 Å². The molecule has 3 aliphatic rings. The number of likely N-dealkylation sites (tertiary alicyclic amines) is 1. The van der Waals surface area contributed by atoms with Crippen molar-refractivity contribution in [2.24, 2.45) is 0 Å². The molecule has 1 aromatic heterocycles. The van der Waals surface area contributed by atoms with Gasteiger partial charge in [0, 0.05) is 19.0 Å². The Kier molecular flexibility index (Phi) is 6.68. The van der Waals surface area contributed by atoms with E-state index < -0.39 is 59.7 Å². The average molecular weight is 580 g/mol. The van der Waals surface area contributed by atoms with Crippen LogP contribution in [0.5, 0.6) is 5.75 Å². The lowest BCUT2D eigenvalue weighted by atomic mass is 9.75. The van der Waals surface area contributed by atoms with Crippen LogP contribution in [0.1, 0.15) is 43.9 Å². The van der Waals surface area contributed by atoms with Crippen LogP contribution in [0.15, 0.2) is 36.5 Å². The van der Waals surface area contributed by atoms with Crippen LogP contribution in [0.25, 0.3) is 0 Å². The Bertz CT molecular complexity index is 1420. The molecule has 210 valence electrons. The Morgan fingerprint density at radius 3 is 2.45 bits per heavy atom. The van der Waals surface area contributed by atoms with Crippen molar-refractivity contribution >= 4 is 40.5 Å². The first-order valence-electron chi connectivity index (χ1n) is 12.3. The predicted octanol–water partition coefficient (Wildman–Crippen LogP) is 4.67. The molecule has 0 bridgehead atoms. The maximum Gasteiger partial charge on any atom is 0.419 e. The molecule has 1 spiro atoms. The molecule has 1 atom stereocenters. The highest BCUT2D eigenvalue weighted by molar-refractivity contribution is 7.81. The highest BCUT2D eigenvalue weighted by Gasteiger charge is 2.59. The van der Waals surface area contributed by atoms with Gasteiger partial charge in [-0.05, 0) is 61.8 Å². The molecule has 14 heteroatoms. The molecule has 1 unspecified atom stereocenters. The third-order valence-electron chi connectivity index (χ3n) is 7.45. The first-order chi connectivity index (χ1) is 18.8. The Morgan fingerprint density at radius 1 is 1.23 bits per heavy atom. The van der Waals surface area contributed by atoms with Crippen molar-refractivity contribution in [1.29, 1.82) is 5.26 Å². The number of aromatic nitrogens is 1. The lowest BCUT2D eigenvalue weighted by Gasteiger charge is -2.43. The van der Waals surface area contributed by atoms with E-state index in [4.69, 9.17) is 22.2 Å². The number of pyridine rings is 1. The van der Waals surface area contributed by atoms with Crippen LogP contribution in [0.4, 0.5) is 33.3 Å². The summed E-state index contributed by atoms with van der Waals surface area (Å²) in [5.41, 5.74) is -2.87. The smallest absolute Gasteiger partial charge is 0.419 e. The quantitative estimate of drug-likeness (QED) is 0.376. The van der Waals surface area contributed by atoms with E-state index in [2.05, 4.69) is 4.98 Å². The molecule has 1 saturated carbocycles. The summed E-state index contributed by atoms with van der Waals surface area (Å²) in [6, 6.07) is 7.68. The number of anilines is 2. The number of carbonyl (C=O) groups is 2. The van der Waals surface area contributed by atoms with Gasteiger partial charge in [-0.25, -0.2) is 13.8 Å². The lowest BCUT2D eigenvalue weighted by Crippen LogP contribution is -2.55. The number of rotatable bonds is 5. The maximum absolute atomic E-state index is 13.8. The second-order valence-corrected chi connectivity index (χ2v) is 10.4. The molecule has 5 rings (SSSR count). The number of halogens is 5. The standard InChI is InChI=1S/C26H22F5N5O3S/c1-15(37)34-14-25(27,28)10-18(34)13-39-19-5-3-16(4-6-19)36-23(40)35(22(38)24(36)7-2-8-24)17-9-20(26(29,30)31)21(11-32)33-12-17/h3-6,9,12,18H,2,7-8,10,13-14H2,1H3. The van der Waals surface area contributed by atoms with Crippen molar-refractivity contribution in [3.8, 4) is 11.8 Å². The Hall–Kier alpha value is -3.86. The number of hydrogen-bond acceptors (Lipinski definition) is 6. The minimum atomic E-state index is -4.86. The van der Waals surface area contributed by atoms with Crippen molar-refractivity contribution in [1.82, 2.24) is 9.88 Å². The van der Waals surface area contributed by atoms with Crippen LogP contribution in [-0.2, 0) is 15.8 Å². The molecule has 2 aliphatic heterocycles. The summed E-state index contributed by atoms with van der Waals surface area (Å²) in [4.78, 5) is 32.6. The Balaban J connectivity index is 1.38. The van der Waals surface area contributed by atoms with Crippen molar-refractivity contribution in [2.75, 3.05) is 23.0 Å².